The maximum Gasteiger partial charge on any atom is 0.326 e. The summed E-state index contributed by atoms with van der Waals surface area (Å²) in [4.78, 5) is 30.3. The minimum absolute atomic E-state index is 0.129. The van der Waals surface area contributed by atoms with E-state index in [9.17, 15) is 9.59 Å². The Morgan fingerprint density at radius 1 is 1.32 bits per heavy atom. The smallest absolute Gasteiger partial charge is 0.326 e. The highest BCUT2D eigenvalue weighted by Crippen LogP contribution is 2.20. The van der Waals surface area contributed by atoms with Crippen molar-refractivity contribution in [3.63, 3.8) is 0 Å². The molecule has 2 aromatic rings. The van der Waals surface area contributed by atoms with Gasteiger partial charge in [0.15, 0.2) is 0 Å². The van der Waals surface area contributed by atoms with Gasteiger partial charge in [-0.2, -0.15) is 0 Å². The molecule has 6 nitrogen and oxygen atoms in total. The van der Waals surface area contributed by atoms with Crippen LogP contribution in [0.4, 0.5) is 0 Å². The molecule has 0 aliphatic rings. The average molecular weight is 324 g/mol. The molecule has 0 N–H and O–H groups in total. The normalized spacial score (nSPS) is 11.0. The molecule has 0 radical (unpaired) electrons. The largest absolute Gasteiger partial charge is 0.462 e. The molecular weight excluding hydrogens is 304 g/mol. The first kappa shape index (κ1) is 16.6. The first-order valence-corrected chi connectivity index (χ1v) is 8.05. The van der Waals surface area contributed by atoms with Crippen LogP contribution in [0.5, 0.6) is 0 Å². The van der Waals surface area contributed by atoms with Gasteiger partial charge in [0.2, 0.25) is 0 Å². The van der Waals surface area contributed by atoms with Crippen LogP contribution in [0, 0.1) is 13.8 Å². The lowest BCUT2D eigenvalue weighted by Crippen LogP contribution is -2.28. The minimum atomic E-state index is -0.460. The van der Waals surface area contributed by atoms with Crippen molar-refractivity contribution in [2.45, 2.75) is 33.7 Å². The van der Waals surface area contributed by atoms with Gasteiger partial charge >= 0.3 is 5.97 Å². The van der Waals surface area contributed by atoms with Gasteiger partial charge in [0.25, 0.3) is 5.56 Å². The maximum absolute atomic E-state index is 12.4. The number of fused-ring (bicyclic) bond motifs is 1. The van der Waals surface area contributed by atoms with Gasteiger partial charge in [-0.3, -0.25) is 14.2 Å². The average Bonchev–Trinajstić information content (AvgIpc) is 2.84. The zero-order valence-corrected chi connectivity index (χ0v) is 13.9. The fourth-order valence-electron chi connectivity index (χ4n) is 2.06. The summed E-state index contributed by atoms with van der Waals surface area (Å²) in [6, 6.07) is 1.80. The quantitative estimate of drug-likeness (QED) is 0.576. The molecule has 120 valence electrons. The topological polar surface area (TPSA) is 70.4 Å². The number of hydrogen-bond acceptors (Lipinski definition) is 6. The molecule has 7 heteroatoms. The molecule has 0 atom stereocenters. The Labute approximate surface area is 132 Å². The number of thiophene rings is 1. The van der Waals surface area contributed by atoms with Crippen LogP contribution in [-0.4, -0.2) is 35.3 Å². The van der Waals surface area contributed by atoms with Crippen LogP contribution in [0.2, 0.25) is 0 Å². The second-order valence-corrected chi connectivity index (χ2v) is 6.19. The Kier molecular flexibility index (Phi) is 5.68. The van der Waals surface area contributed by atoms with Crippen LogP contribution < -0.4 is 5.56 Å². The van der Waals surface area contributed by atoms with Gasteiger partial charge in [-0.05, 0) is 26.3 Å². The third kappa shape index (κ3) is 3.92. The van der Waals surface area contributed by atoms with E-state index >= 15 is 0 Å². The van der Waals surface area contributed by atoms with Crippen molar-refractivity contribution in [3.05, 3.63) is 27.1 Å². The first-order chi connectivity index (χ1) is 10.5. The number of hydrogen-bond donors (Lipinski definition) is 0. The van der Waals surface area contributed by atoms with E-state index < -0.39 is 5.97 Å². The fraction of sp³-hybridized carbons (Fsp3) is 0.533. The highest BCUT2D eigenvalue weighted by molar-refractivity contribution is 7.18. The summed E-state index contributed by atoms with van der Waals surface area (Å²) < 4.78 is 11.7. The van der Waals surface area contributed by atoms with Crippen molar-refractivity contribution in [1.82, 2.24) is 9.55 Å². The number of ether oxygens (including phenoxy) is 2. The molecule has 0 aromatic carbocycles. The Morgan fingerprint density at radius 2 is 2.09 bits per heavy atom. The van der Waals surface area contributed by atoms with Crippen LogP contribution in [0.3, 0.4) is 0 Å². The minimum Gasteiger partial charge on any atom is -0.462 e. The van der Waals surface area contributed by atoms with E-state index in [1.54, 1.807) is 13.0 Å². The predicted octanol–water partition coefficient (Wildman–Crippen LogP) is 2.04. The number of aryl methyl sites for hydroxylation is 2. The number of aromatic nitrogens is 2. The van der Waals surface area contributed by atoms with Gasteiger partial charge in [-0.1, -0.05) is 6.92 Å². The van der Waals surface area contributed by atoms with Crippen LogP contribution in [0.1, 0.15) is 24.0 Å². The van der Waals surface area contributed by atoms with Crippen molar-refractivity contribution in [2.75, 3.05) is 19.8 Å². The van der Waals surface area contributed by atoms with Crippen LogP contribution in [-0.2, 0) is 20.8 Å². The number of nitrogens with zero attached hydrogens (tertiary/aromatic N) is 2. The van der Waals surface area contributed by atoms with E-state index in [1.165, 1.54) is 15.9 Å². The SMILES string of the molecule is CCCOCCOC(=O)Cn1c(C)nc2sc(C)cc2c1=O. The molecule has 2 rings (SSSR count). The summed E-state index contributed by atoms with van der Waals surface area (Å²) in [5.41, 5.74) is -0.203. The molecule has 0 unspecified atom stereocenters. The second kappa shape index (κ2) is 7.51. The predicted molar refractivity (Wildman–Crippen MR) is 85.4 cm³/mol. The molecular formula is C15H20N2O4S. The Balaban J connectivity index is 2.04. The van der Waals surface area contributed by atoms with E-state index in [1.807, 2.05) is 13.8 Å². The molecule has 2 heterocycles. The fourth-order valence-corrected chi connectivity index (χ4v) is 2.98. The molecule has 0 spiro atoms. The molecule has 0 amide bonds. The molecule has 0 fully saturated rings. The van der Waals surface area contributed by atoms with E-state index in [2.05, 4.69) is 4.98 Å². The zero-order chi connectivity index (χ0) is 16.1. The van der Waals surface area contributed by atoms with E-state index in [4.69, 9.17) is 9.47 Å². The maximum atomic E-state index is 12.4. The molecule has 2 aromatic heterocycles. The lowest BCUT2D eigenvalue weighted by atomic mass is 10.3. The molecule has 0 saturated carbocycles. The summed E-state index contributed by atoms with van der Waals surface area (Å²) in [6.45, 7) is 6.74. The summed E-state index contributed by atoms with van der Waals surface area (Å²) in [5, 5.41) is 0.548. The number of rotatable bonds is 7. The number of carbonyl (C=O) groups is 1. The zero-order valence-electron chi connectivity index (χ0n) is 13.0. The van der Waals surface area contributed by atoms with Gasteiger partial charge in [-0.15, -0.1) is 11.3 Å². The Morgan fingerprint density at radius 3 is 2.82 bits per heavy atom. The Bertz CT molecular complexity index is 720. The molecule has 0 saturated heterocycles. The third-order valence-corrected chi connectivity index (χ3v) is 4.04. The van der Waals surface area contributed by atoms with Gasteiger partial charge in [0, 0.05) is 11.5 Å². The van der Waals surface area contributed by atoms with Crippen LogP contribution in [0.15, 0.2) is 10.9 Å². The highest BCUT2D eigenvalue weighted by Gasteiger charge is 2.14. The summed E-state index contributed by atoms with van der Waals surface area (Å²) >= 11 is 1.47. The van der Waals surface area contributed by atoms with E-state index in [-0.39, 0.29) is 18.7 Å². The molecule has 0 aliphatic carbocycles. The monoisotopic (exact) mass is 324 g/mol. The van der Waals surface area contributed by atoms with Crippen molar-refractivity contribution in [3.8, 4) is 0 Å². The highest BCUT2D eigenvalue weighted by atomic mass is 32.1. The number of carbonyl (C=O) groups excluding carboxylic acids is 1. The van der Waals surface area contributed by atoms with Gasteiger partial charge < -0.3 is 9.47 Å². The van der Waals surface area contributed by atoms with Crippen molar-refractivity contribution >= 4 is 27.5 Å². The van der Waals surface area contributed by atoms with E-state index in [0.717, 1.165) is 11.3 Å². The standard InChI is InChI=1S/C15H20N2O4S/c1-4-5-20-6-7-21-13(18)9-17-11(3)16-14-12(15(17)19)8-10(2)22-14/h8H,4-7,9H2,1-3H3. The van der Waals surface area contributed by atoms with Crippen molar-refractivity contribution in [2.24, 2.45) is 0 Å². The molecule has 0 aliphatic heterocycles. The van der Waals surface area contributed by atoms with Crippen molar-refractivity contribution in [1.29, 1.82) is 0 Å². The first-order valence-electron chi connectivity index (χ1n) is 7.24. The van der Waals surface area contributed by atoms with Gasteiger partial charge in [0.05, 0.1) is 12.0 Å². The molecule has 22 heavy (non-hydrogen) atoms. The van der Waals surface area contributed by atoms with Gasteiger partial charge in [0.1, 0.15) is 23.8 Å². The van der Waals surface area contributed by atoms with Gasteiger partial charge in [-0.25, -0.2) is 4.98 Å². The number of esters is 1. The summed E-state index contributed by atoms with van der Waals surface area (Å²) in [7, 11) is 0. The summed E-state index contributed by atoms with van der Waals surface area (Å²) in [6.07, 6.45) is 0.925. The van der Waals surface area contributed by atoms with E-state index in [0.29, 0.717) is 29.3 Å². The Hall–Kier alpha value is -1.73. The second-order valence-electron chi connectivity index (χ2n) is 4.96. The molecule has 0 bridgehead atoms. The summed E-state index contributed by atoms with van der Waals surface area (Å²) in [5.74, 6) is 0.0527. The lowest BCUT2D eigenvalue weighted by Gasteiger charge is -2.09. The third-order valence-electron chi connectivity index (χ3n) is 3.09. The van der Waals surface area contributed by atoms with Crippen molar-refractivity contribution < 1.29 is 14.3 Å². The van der Waals surface area contributed by atoms with Crippen LogP contribution in [0.25, 0.3) is 10.2 Å². The van der Waals surface area contributed by atoms with Crippen LogP contribution >= 0.6 is 11.3 Å². The lowest BCUT2D eigenvalue weighted by molar-refractivity contribution is -0.146.